The number of carbonyl (C=O) groups is 1. The van der Waals surface area contributed by atoms with Gasteiger partial charge in [-0.25, -0.2) is 9.37 Å². The SMILES string of the molecule is C[C@H]1CCCN(Cc2csc(NC(=O)COc3ccc(Br)cc3F)n2)C1. The molecule has 140 valence electrons. The summed E-state index contributed by atoms with van der Waals surface area (Å²) in [5.74, 6) is -0.112. The van der Waals surface area contributed by atoms with Gasteiger partial charge >= 0.3 is 0 Å². The lowest BCUT2D eigenvalue weighted by Crippen LogP contribution is -2.33. The van der Waals surface area contributed by atoms with Gasteiger partial charge < -0.3 is 4.74 Å². The summed E-state index contributed by atoms with van der Waals surface area (Å²) in [6.45, 7) is 4.99. The molecule has 8 heteroatoms. The third kappa shape index (κ3) is 5.49. The average molecular weight is 442 g/mol. The van der Waals surface area contributed by atoms with Crippen molar-refractivity contribution in [2.75, 3.05) is 25.0 Å². The Kier molecular flexibility index (Phi) is 6.61. The van der Waals surface area contributed by atoms with E-state index in [4.69, 9.17) is 4.74 Å². The molecule has 1 aliphatic rings. The molecule has 1 fully saturated rings. The Morgan fingerprint density at radius 3 is 3.15 bits per heavy atom. The fraction of sp³-hybridized carbons (Fsp3) is 0.444. The Bertz CT molecular complexity index is 771. The van der Waals surface area contributed by atoms with Crippen molar-refractivity contribution >= 4 is 38.3 Å². The molecule has 0 spiro atoms. The Morgan fingerprint density at radius 1 is 1.54 bits per heavy atom. The molecule has 1 atom stereocenters. The van der Waals surface area contributed by atoms with E-state index in [1.54, 1.807) is 6.07 Å². The molecule has 0 aliphatic carbocycles. The molecule has 2 aromatic rings. The van der Waals surface area contributed by atoms with E-state index in [2.05, 4.69) is 38.1 Å². The zero-order chi connectivity index (χ0) is 18.5. The Hall–Kier alpha value is -1.51. The summed E-state index contributed by atoms with van der Waals surface area (Å²) in [7, 11) is 0. The lowest BCUT2D eigenvalue weighted by atomic mass is 10.0. The highest BCUT2D eigenvalue weighted by atomic mass is 79.9. The van der Waals surface area contributed by atoms with Gasteiger partial charge in [0.15, 0.2) is 23.3 Å². The molecule has 0 saturated carbocycles. The van der Waals surface area contributed by atoms with Crippen molar-refractivity contribution in [3.63, 3.8) is 0 Å². The van der Waals surface area contributed by atoms with Gasteiger partial charge in [0, 0.05) is 22.9 Å². The maximum atomic E-state index is 13.7. The van der Waals surface area contributed by atoms with Gasteiger partial charge in [-0.05, 0) is 43.5 Å². The molecule has 26 heavy (non-hydrogen) atoms. The molecule has 0 unspecified atom stereocenters. The van der Waals surface area contributed by atoms with E-state index in [-0.39, 0.29) is 18.3 Å². The Balaban J connectivity index is 1.48. The maximum absolute atomic E-state index is 13.7. The van der Waals surface area contributed by atoms with E-state index >= 15 is 0 Å². The highest BCUT2D eigenvalue weighted by Crippen LogP contribution is 2.22. The third-order valence-electron chi connectivity index (χ3n) is 4.18. The summed E-state index contributed by atoms with van der Waals surface area (Å²) in [5.41, 5.74) is 0.958. The van der Waals surface area contributed by atoms with Crippen LogP contribution in [0.25, 0.3) is 0 Å². The first-order chi connectivity index (χ1) is 12.5. The van der Waals surface area contributed by atoms with Crippen molar-refractivity contribution in [1.29, 1.82) is 0 Å². The number of rotatable bonds is 6. The summed E-state index contributed by atoms with van der Waals surface area (Å²) in [4.78, 5) is 18.9. The first-order valence-corrected chi connectivity index (χ1v) is 10.2. The summed E-state index contributed by atoms with van der Waals surface area (Å²) < 4.78 is 19.5. The summed E-state index contributed by atoms with van der Waals surface area (Å²) in [6, 6.07) is 4.43. The van der Waals surface area contributed by atoms with E-state index in [0.29, 0.717) is 9.60 Å². The lowest BCUT2D eigenvalue weighted by molar-refractivity contribution is -0.118. The molecule has 0 bridgehead atoms. The van der Waals surface area contributed by atoms with Gasteiger partial charge in [-0.15, -0.1) is 11.3 Å². The fourth-order valence-corrected chi connectivity index (χ4v) is 4.04. The predicted octanol–water partition coefficient (Wildman–Crippen LogP) is 4.29. The number of amides is 1. The normalized spacial score (nSPS) is 17.9. The molecule has 5 nitrogen and oxygen atoms in total. The monoisotopic (exact) mass is 441 g/mol. The van der Waals surface area contributed by atoms with E-state index in [1.165, 1.54) is 36.3 Å². The van der Waals surface area contributed by atoms with Crippen LogP contribution in [-0.2, 0) is 11.3 Å². The van der Waals surface area contributed by atoms with Crippen molar-refractivity contribution in [1.82, 2.24) is 9.88 Å². The van der Waals surface area contributed by atoms with Crippen LogP contribution in [0, 0.1) is 11.7 Å². The first-order valence-electron chi connectivity index (χ1n) is 8.54. The smallest absolute Gasteiger partial charge is 0.264 e. The summed E-state index contributed by atoms with van der Waals surface area (Å²) >= 11 is 4.56. The van der Waals surface area contributed by atoms with Crippen LogP contribution in [0.3, 0.4) is 0 Å². The number of aromatic nitrogens is 1. The number of nitrogens with one attached hydrogen (secondary N) is 1. The summed E-state index contributed by atoms with van der Waals surface area (Å²) in [6.07, 6.45) is 2.51. The quantitative estimate of drug-likeness (QED) is 0.725. The van der Waals surface area contributed by atoms with Gasteiger partial charge in [0.25, 0.3) is 5.91 Å². The van der Waals surface area contributed by atoms with Crippen LogP contribution in [0.1, 0.15) is 25.5 Å². The van der Waals surface area contributed by atoms with Crippen LogP contribution in [-0.4, -0.2) is 35.5 Å². The van der Waals surface area contributed by atoms with Crippen LogP contribution in [0.4, 0.5) is 9.52 Å². The number of thiazole rings is 1. The zero-order valence-electron chi connectivity index (χ0n) is 14.5. The molecular formula is C18H21BrFN3O2S. The standard InChI is InChI=1S/C18H21BrFN3O2S/c1-12-3-2-6-23(8-12)9-14-11-26-18(21-14)22-17(24)10-25-16-5-4-13(19)7-15(16)20/h4-5,7,11-12H,2-3,6,8-10H2,1H3,(H,21,22,24)/t12-/m0/s1. The molecule has 0 radical (unpaired) electrons. The molecule has 1 aliphatic heterocycles. The zero-order valence-corrected chi connectivity index (χ0v) is 16.9. The second-order valence-corrected chi connectivity index (χ2v) is 8.31. The molecule has 1 amide bonds. The van der Waals surface area contributed by atoms with Crippen molar-refractivity contribution < 1.29 is 13.9 Å². The third-order valence-corrected chi connectivity index (χ3v) is 5.48. The largest absolute Gasteiger partial charge is 0.481 e. The summed E-state index contributed by atoms with van der Waals surface area (Å²) in [5, 5.41) is 5.20. The number of nitrogens with zero attached hydrogens (tertiary/aromatic N) is 2. The number of anilines is 1. The van der Waals surface area contributed by atoms with Gasteiger partial charge in [-0.1, -0.05) is 22.9 Å². The van der Waals surface area contributed by atoms with Gasteiger partial charge in [0.1, 0.15) is 0 Å². The Labute approximate surface area is 164 Å². The number of ether oxygens (including phenoxy) is 1. The van der Waals surface area contributed by atoms with Gasteiger partial charge in [-0.3, -0.25) is 15.0 Å². The number of hydrogen-bond donors (Lipinski definition) is 1. The molecule has 2 heterocycles. The number of benzene rings is 1. The van der Waals surface area contributed by atoms with E-state index in [0.717, 1.165) is 31.2 Å². The minimum atomic E-state index is -0.514. The highest BCUT2D eigenvalue weighted by molar-refractivity contribution is 9.10. The van der Waals surface area contributed by atoms with Gasteiger partial charge in [0.05, 0.1) is 5.69 Å². The number of hydrogen-bond acceptors (Lipinski definition) is 5. The minimum Gasteiger partial charge on any atom is -0.481 e. The van der Waals surface area contributed by atoms with Crippen molar-refractivity contribution in [3.05, 3.63) is 39.6 Å². The lowest BCUT2D eigenvalue weighted by Gasteiger charge is -2.30. The number of likely N-dealkylation sites (tertiary alicyclic amines) is 1. The van der Waals surface area contributed by atoms with Crippen LogP contribution < -0.4 is 10.1 Å². The predicted molar refractivity (Wildman–Crippen MR) is 104 cm³/mol. The Morgan fingerprint density at radius 2 is 2.38 bits per heavy atom. The second kappa shape index (κ2) is 8.92. The molecule has 3 rings (SSSR count). The van der Waals surface area contributed by atoms with Crippen LogP contribution in [0.5, 0.6) is 5.75 Å². The maximum Gasteiger partial charge on any atom is 0.264 e. The number of piperidine rings is 1. The molecule has 1 aromatic carbocycles. The molecule has 1 aromatic heterocycles. The number of halogens is 2. The van der Waals surface area contributed by atoms with Crippen molar-refractivity contribution in [3.8, 4) is 5.75 Å². The van der Waals surface area contributed by atoms with Crippen molar-refractivity contribution in [2.24, 2.45) is 5.92 Å². The van der Waals surface area contributed by atoms with E-state index in [1.807, 2.05) is 5.38 Å². The number of carbonyl (C=O) groups excluding carboxylic acids is 1. The second-order valence-electron chi connectivity index (χ2n) is 6.54. The van der Waals surface area contributed by atoms with Crippen LogP contribution in [0.15, 0.2) is 28.1 Å². The molecule has 1 N–H and O–H groups in total. The van der Waals surface area contributed by atoms with E-state index < -0.39 is 5.82 Å². The molecule has 1 saturated heterocycles. The average Bonchev–Trinajstić information content (AvgIpc) is 3.01. The highest BCUT2D eigenvalue weighted by Gasteiger charge is 2.17. The molecular weight excluding hydrogens is 421 g/mol. The van der Waals surface area contributed by atoms with E-state index in [9.17, 15) is 9.18 Å². The minimum absolute atomic E-state index is 0.0439. The fourth-order valence-electron chi connectivity index (χ4n) is 2.99. The topological polar surface area (TPSA) is 54.5 Å². The van der Waals surface area contributed by atoms with Gasteiger partial charge in [-0.2, -0.15) is 0 Å². The van der Waals surface area contributed by atoms with Gasteiger partial charge in [0.2, 0.25) is 0 Å². The first kappa shape index (κ1) is 19.3. The van der Waals surface area contributed by atoms with Crippen LogP contribution >= 0.6 is 27.3 Å². The van der Waals surface area contributed by atoms with Crippen LogP contribution in [0.2, 0.25) is 0 Å². The van der Waals surface area contributed by atoms with Crippen molar-refractivity contribution in [2.45, 2.75) is 26.3 Å².